The molecule has 0 spiro atoms. The van der Waals surface area contributed by atoms with Crippen molar-refractivity contribution in [3.63, 3.8) is 0 Å². The molecule has 98 valence electrons. The number of benzene rings is 1. The van der Waals surface area contributed by atoms with Gasteiger partial charge in [-0.1, -0.05) is 12.1 Å². The van der Waals surface area contributed by atoms with Gasteiger partial charge in [-0.15, -0.1) is 0 Å². The van der Waals surface area contributed by atoms with Gasteiger partial charge in [-0.2, -0.15) is 0 Å². The zero-order valence-electron chi connectivity index (χ0n) is 10.8. The summed E-state index contributed by atoms with van der Waals surface area (Å²) in [6.45, 7) is 2.21. The molecule has 0 radical (unpaired) electrons. The third-order valence-corrected chi connectivity index (χ3v) is 3.53. The van der Waals surface area contributed by atoms with Crippen LogP contribution in [0.4, 0.5) is 0 Å². The molecule has 0 atom stereocenters. The summed E-state index contributed by atoms with van der Waals surface area (Å²) in [6, 6.07) is 7.64. The Balaban J connectivity index is 2.26. The predicted octanol–water partition coefficient (Wildman–Crippen LogP) is 1.62. The number of carbonyl (C=O) groups excluding carboxylic acids is 1. The molecule has 1 aromatic rings. The maximum Gasteiger partial charge on any atom is 0.316 e. The number of ether oxygens (including phenoxy) is 2. The van der Waals surface area contributed by atoms with E-state index in [0.29, 0.717) is 19.4 Å². The molecular formula is C14H19NO3. The summed E-state index contributed by atoms with van der Waals surface area (Å²) < 4.78 is 10.3. The lowest BCUT2D eigenvalue weighted by molar-refractivity contribution is -0.154. The smallest absolute Gasteiger partial charge is 0.316 e. The van der Waals surface area contributed by atoms with E-state index in [2.05, 4.69) is 0 Å². The first-order valence-electron chi connectivity index (χ1n) is 6.19. The van der Waals surface area contributed by atoms with Gasteiger partial charge in [0.05, 0.1) is 19.1 Å². The molecule has 4 nitrogen and oxygen atoms in total. The number of esters is 1. The van der Waals surface area contributed by atoms with E-state index in [4.69, 9.17) is 15.2 Å². The Morgan fingerprint density at radius 3 is 2.44 bits per heavy atom. The highest BCUT2D eigenvalue weighted by atomic mass is 16.5. The number of methoxy groups -OCH3 is 1. The molecule has 1 aromatic carbocycles. The van der Waals surface area contributed by atoms with E-state index in [0.717, 1.165) is 11.3 Å². The lowest BCUT2D eigenvalue weighted by atomic mass is 9.62. The molecule has 0 unspecified atom stereocenters. The van der Waals surface area contributed by atoms with Crippen LogP contribution in [0.2, 0.25) is 0 Å². The molecule has 0 saturated heterocycles. The van der Waals surface area contributed by atoms with Gasteiger partial charge in [0.1, 0.15) is 5.75 Å². The first-order chi connectivity index (χ1) is 8.62. The molecule has 0 bridgehead atoms. The lowest BCUT2D eigenvalue weighted by Crippen LogP contribution is -2.54. The Kier molecular flexibility index (Phi) is 3.57. The fourth-order valence-corrected chi connectivity index (χ4v) is 2.53. The van der Waals surface area contributed by atoms with Crippen LogP contribution in [-0.4, -0.2) is 25.7 Å². The molecule has 0 aliphatic heterocycles. The molecule has 1 saturated carbocycles. The highest BCUT2D eigenvalue weighted by Gasteiger charge is 2.51. The van der Waals surface area contributed by atoms with Gasteiger partial charge >= 0.3 is 5.97 Å². The zero-order valence-corrected chi connectivity index (χ0v) is 10.8. The van der Waals surface area contributed by atoms with E-state index in [1.165, 1.54) is 0 Å². The minimum atomic E-state index is -0.554. The van der Waals surface area contributed by atoms with Crippen molar-refractivity contribution in [2.45, 2.75) is 31.2 Å². The predicted molar refractivity (Wildman–Crippen MR) is 68.5 cm³/mol. The topological polar surface area (TPSA) is 61.5 Å². The standard InChI is InChI=1S/C14H19NO3/c1-3-18-13(16)14(8-11(15)9-14)10-4-6-12(17-2)7-5-10/h4-7,11H,3,8-9,15H2,1-2H3. The second kappa shape index (κ2) is 4.98. The van der Waals surface area contributed by atoms with Gasteiger partial charge < -0.3 is 15.2 Å². The van der Waals surface area contributed by atoms with Gasteiger partial charge in [0.2, 0.25) is 0 Å². The Labute approximate surface area is 107 Å². The number of hydrogen-bond acceptors (Lipinski definition) is 4. The molecule has 1 fully saturated rings. The number of rotatable bonds is 4. The Morgan fingerprint density at radius 1 is 1.39 bits per heavy atom. The summed E-state index contributed by atoms with van der Waals surface area (Å²) in [5, 5.41) is 0. The van der Waals surface area contributed by atoms with E-state index in [1.54, 1.807) is 7.11 Å². The Hall–Kier alpha value is -1.55. The molecule has 1 aliphatic rings. The van der Waals surface area contributed by atoms with Crippen LogP contribution in [0.25, 0.3) is 0 Å². The average molecular weight is 249 g/mol. The number of nitrogens with two attached hydrogens (primary N) is 1. The van der Waals surface area contributed by atoms with Crippen LogP contribution in [0.15, 0.2) is 24.3 Å². The van der Waals surface area contributed by atoms with Crippen molar-refractivity contribution in [3.8, 4) is 5.75 Å². The molecule has 0 aromatic heterocycles. The molecule has 0 heterocycles. The van der Waals surface area contributed by atoms with Crippen molar-refractivity contribution >= 4 is 5.97 Å². The first-order valence-corrected chi connectivity index (χ1v) is 6.19. The molecular weight excluding hydrogens is 230 g/mol. The molecule has 1 aliphatic carbocycles. The summed E-state index contributed by atoms with van der Waals surface area (Å²) in [6.07, 6.45) is 1.30. The third kappa shape index (κ3) is 2.08. The summed E-state index contributed by atoms with van der Waals surface area (Å²) in [5.74, 6) is 0.609. The minimum Gasteiger partial charge on any atom is -0.497 e. The van der Waals surface area contributed by atoms with Crippen molar-refractivity contribution in [2.24, 2.45) is 5.73 Å². The molecule has 2 N–H and O–H groups in total. The fourth-order valence-electron chi connectivity index (χ4n) is 2.53. The summed E-state index contributed by atoms with van der Waals surface area (Å²) in [5.41, 5.74) is 6.26. The number of hydrogen-bond donors (Lipinski definition) is 1. The van der Waals surface area contributed by atoms with Crippen LogP contribution in [-0.2, 0) is 14.9 Å². The minimum absolute atomic E-state index is 0.0801. The van der Waals surface area contributed by atoms with Crippen LogP contribution in [0, 0.1) is 0 Å². The van der Waals surface area contributed by atoms with Crippen LogP contribution < -0.4 is 10.5 Å². The van der Waals surface area contributed by atoms with E-state index < -0.39 is 5.41 Å². The summed E-state index contributed by atoms with van der Waals surface area (Å²) in [7, 11) is 1.62. The number of carbonyl (C=O) groups is 1. The maximum absolute atomic E-state index is 12.1. The van der Waals surface area contributed by atoms with Crippen LogP contribution in [0.5, 0.6) is 5.75 Å². The van der Waals surface area contributed by atoms with Gasteiger partial charge in [-0.25, -0.2) is 0 Å². The van der Waals surface area contributed by atoms with Crippen molar-refractivity contribution in [1.29, 1.82) is 0 Å². The third-order valence-electron chi connectivity index (χ3n) is 3.53. The van der Waals surface area contributed by atoms with E-state index in [-0.39, 0.29) is 12.0 Å². The quantitative estimate of drug-likeness (QED) is 0.824. The van der Waals surface area contributed by atoms with Crippen molar-refractivity contribution in [1.82, 2.24) is 0 Å². The van der Waals surface area contributed by atoms with Gasteiger partial charge in [0.25, 0.3) is 0 Å². The second-order valence-corrected chi connectivity index (χ2v) is 4.70. The Bertz CT molecular complexity index is 421. The van der Waals surface area contributed by atoms with Crippen molar-refractivity contribution < 1.29 is 14.3 Å². The van der Waals surface area contributed by atoms with Crippen LogP contribution in [0.3, 0.4) is 0 Å². The van der Waals surface area contributed by atoms with E-state index >= 15 is 0 Å². The van der Waals surface area contributed by atoms with Crippen molar-refractivity contribution in [3.05, 3.63) is 29.8 Å². The van der Waals surface area contributed by atoms with E-state index in [9.17, 15) is 4.79 Å². The normalized spacial score (nSPS) is 26.3. The van der Waals surface area contributed by atoms with Crippen molar-refractivity contribution in [2.75, 3.05) is 13.7 Å². The maximum atomic E-state index is 12.1. The molecule has 18 heavy (non-hydrogen) atoms. The van der Waals surface area contributed by atoms with Gasteiger partial charge in [0.15, 0.2) is 0 Å². The zero-order chi connectivity index (χ0) is 13.2. The van der Waals surface area contributed by atoms with Crippen LogP contribution in [0.1, 0.15) is 25.3 Å². The first kappa shape index (κ1) is 12.9. The monoisotopic (exact) mass is 249 g/mol. The van der Waals surface area contributed by atoms with Gasteiger partial charge in [-0.05, 0) is 37.5 Å². The molecule has 0 amide bonds. The second-order valence-electron chi connectivity index (χ2n) is 4.70. The lowest BCUT2D eigenvalue weighted by Gasteiger charge is -2.44. The fraction of sp³-hybridized carbons (Fsp3) is 0.500. The average Bonchev–Trinajstić information content (AvgIpc) is 2.35. The largest absolute Gasteiger partial charge is 0.497 e. The van der Waals surface area contributed by atoms with Gasteiger partial charge in [0, 0.05) is 6.04 Å². The van der Waals surface area contributed by atoms with Gasteiger partial charge in [-0.3, -0.25) is 4.79 Å². The molecule has 2 rings (SSSR count). The Morgan fingerprint density at radius 2 is 2.00 bits per heavy atom. The highest BCUT2D eigenvalue weighted by Crippen LogP contribution is 2.44. The van der Waals surface area contributed by atoms with E-state index in [1.807, 2.05) is 31.2 Å². The van der Waals surface area contributed by atoms with Crippen LogP contribution >= 0.6 is 0 Å². The molecule has 4 heteroatoms. The summed E-state index contributed by atoms with van der Waals surface area (Å²) in [4.78, 5) is 12.1. The SMILES string of the molecule is CCOC(=O)C1(c2ccc(OC)cc2)CC(N)C1. The summed E-state index contributed by atoms with van der Waals surface area (Å²) >= 11 is 0. The highest BCUT2D eigenvalue weighted by molar-refractivity contribution is 5.85.